The Balaban J connectivity index is 2.55. The number of benzene rings is 1. The van der Waals surface area contributed by atoms with Gasteiger partial charge in [0.05, 0.1) is 0 Å². The zero-order valence-corrected chi connectivity index (χ0v) is 11.2. The first-order chi connectivity index (χ1) is 7.87. The average molecular weight is 231 g/mol. The third-order valence-corrected chi connectivity index (χ3v) is 4.16. The van der Waals surface area contributed by atoms with Crippen molar-refractivity contribution in [1.82, 2.24) is 0 Å². The molecular weight excluding hydrogens is 210 g/mol. The van der Waals surface area contributed by atoms with Crippen LogP contribution in [0.1, 0.15) is 57.2 Å². The highest BCUT2D eigenvalue weighted by Gasteiger charge is 2.36. The molecule has 2 rings (SSSR count). The van der Waals surface area contributed by atoms with Crippen LogP contribution in [0.5, 0.6) is 0 Å². The van der Waals surface area contributed by atoms with Crippen molar-refractivity contribution in [2.45, 2.75) is 57.9 Å². The molecule has 0 aromatic heterocycles. The van der Waals surface area contributed by atoms with Crippen LogP contribution in [0.15, 0.2) is 23.4 Å². The molecule has 0 saturated carbocycles. The highest BCUT2D eigenvalue weighted by molar-refractivity contribution is 5.43. The molecule has 0 spiro atoms. The minimum absolute atomic E-state index is 0.212. The molecule has 2 heteroatoms. The van der Waals surface area contributed by atoms with Crippen LogP contribution in [0.3, 0.4) is 0 Å². The Morgan fingerprint density at radius 2 is 1.65 bits per heavy atom. The van der Waals surface area contributed by atoms with Gasteiger partial charge < -0.3 is 0 Å². The second-order valence-electron chi connectivity index (χ2n) is 6.43. The molecule has 0 atom stereocenters. The standard InChI is InChI=1S/C15H21NO/c1-14(2)7-8-15(3,4)13-9-11(10-16-17)5-6-12(13)14/h5-6,9H,7-8,10H2,1-4H3. The van der Waals surface area contributed by atoms with E-state index in [0.29, 0.717) is 0 Å². The van der Waals surface area contributed by atoms with E-state index in [9.17, 15) is 4.91 Å². The summed E-state index contributed by atoms with van der Waals surface area (Å²) in [6, 6.07) is 6.41. The molecule has 2 nitrogen and oxygen atoms in total. The van der Waals surface area contributed by atoms with Gasteiger partial charge >= 0.3 is 0 Å². The summed E-state index contributed by atoms with van der Waals surface area (Å²) in [5.74, 6) is 0. The van der Waals surface area contributed by atoms with Crippen LogP contribution in [0.4, 0.5) is 0 Å². The van der Waals surface area contributed by atoms with Gasteiger partial charge in [0.1, 0.15) is 6.54 Å². The first kappa shape index (κ1) is 12.3. The normalized spacial score (nSPS) is 20.7. The Labute approximate surface area is 103 Å². The number of hydrogen-bond acceptors (Lipinski definition) is 2. The maximum atomic E-state index is 10.4. The zero-order chi connectivity index (χ0) is 12.7. The van der Waals surface area contributed by atoms with Crippen molar-refractivity contribution in [3.8, 4) is 0 Å². The third-order valence-electron chi connectivity index (χ3n) is 4.16. The largest absolute Gasteiger partial charge is 0.150 e. The van der Waals surface area contributed by atoms with Crippen molar-refractivity contribution in [2.75, 3.05) is 0 Å². The second kappa shape index (κ2) is 3.94. The summed E-state index contributed by atoms with van der Waals surface area (Å²) in [6.45, 7) is 9.47. The summed E-state index contributed by atoms with van der Waals surface area (Å²) >= 11 is 0. The smallest absolute Gasteiger partial charge is 0.106 e. The molecule has 1 aliphatic rings. The van der Waals surface area contributed by atoms with E-state index in [2.05, 4.69) is 45.0 Å². The lowest BCUT2D eigenvalue weighted by molar-refractivity contribution is 0.331. The molecule has 0 amide bonds. The summed E-state index contributed by atoms with van der Waals surface area (Å²) in [5.41, 5.74) is 4.32. The molecular formula is C15H21NO. The lowest BCUT2D eigenvalue weighted by atomic mass is 9.63. The number of hydrogen-bond donors (Lipinski definition) is 0. The lowest BCUT2D eigenvalue weighted by Gasteiger charge is -2.42. The molecule has 1 aliphatic carbocycles. The summed E-state index contributed by atoms with van der Waals surface area (Å²) in [7, 11) is 0. The Kier molecular flexibility index (Phi) is 2.84. The van der Waals surface area contributed by atoms with E-state index < -0.39 is 0 Å². The molecule has 0 heterocycles. The van der Waals surface area contributed by atoms with E-state index in [1.165, 1.54) is 24.0 Å². The summed E-state index contributed by atoms with van der Waals surface area (Å²) < 4.78 is 0. The van der Waals surface area contributed by atoms with Gasteiger partial charge in [0.25, 0.3) is 0 Å². The Morgan fingerprint density at radius 3 is 2.24 bits per heavy atom. The van der Waals surface area contributed by atoms with Gasteiger partial charge in [0, 0.05) is 0 Å². The van der Waals surface area contributed by atoms with Crippen molar-refractivity contribution >= 4 is 0 Å². The zero-order valence-electron chi connectivity index (χ0n) is 11.2. The summed E-state index contributed by atoms with van der Waals surface area (Å²) in [4.78, 5) is 10.4. The van der Waals surface area contributed by atoms with Gasteiger partial charge in [-0.15, -0.1) is 0 Å². The molecule has 1 aromatic rings. The molecule has 0 unspecified atom stereocenters. The quantitative estimate of drug-likeness (QED) is 0.698. The van der Waals surface area contributed by atoms with Crippen LogP contribution in [-0.2, 0) is 17.4 Å². The van der Waals surface area contributed by atoms with Gasteiger partial charge in [-0.05, 0) is 40.4 Å². The monoisotopic (exact) mass is 231 g/mol. The van der Waals surface area contributed by atoms with E-state index in [-0.39, 0.29) is 17.4 Å². The maximum absolute atomic E-state index is 10.4. The van der Waals surface area contributed by atoms with Gasteiger partial charge in [-0.2, -0.15) is 4.91 Å². The molecule has 0 radical (unpaired) electrons. The third kappa shape index (κ3) is 2.13. The van der Waals surface area contributed by atoms with E-state index in [4.69, 9.17) is 0 Å². The predicted octanol–water partition coefficient (Wildman–Crippen LogP) is 4.30. The highest BCUT2D eigenvalue weighted by Crippen LogP contribution is 2.45. The van der Waals surface area contributed by atoms with Crippen LogP contribution in [0.2, 0.25) is 0 Å². The molecule has 92 valence electrons. The molecule has 0 aliphatic heterocycles. The average Bonchev–Trinajstić information content (AvgIpc) is 2.26. The van der Waals surface area contributed by atoms with Crippen LogP contribution >= 0.6 is 0 Å². The van der Waals surface area contributed by atoms with Gasteiger partial charge in [-0.25, -0.2) is 0 Å². The Bertz CT molecular complexity index is 446. The molecule has 0 saturated heterocycles. The number of rotatable bonds is 2. The fourth-order valence-electron chi connectivity index (χ4n) is 2.81. The molecule has 1 aromatic carbocycles. The van der Waals surface area contributed by atoms with Crippen LogP contribution in [0.25, 0.3) is 0 Å². The van der Waals surface area contributed by atoms with E-state index >= 15 is 0 Å². The SMILES string of the molecule is CC1(C)CCC(C)(C)c2cc(CN=O)ccc21. The first-order valence-corrected chi connectivity index (χ1v) is 6.30. The van der Waals surface area contributed by atoms with Crippen molar-refractivity contribution in [2.24, 2.45) is 5.18 Å². The van der Waals surface area contributed by atoms with Crippen molar-refractivity contribution < 1.29 is 0 Å². The van der Waals surface area contributed by atoms with Crippen LogP contribution < -0.4 is 0 Å². The van der Waals surface area contributed by atoms with Gasteiger partial charge in [0.2, 0.25) is 0 Å². The molecule has 0 fully saturated rings. The summed E-state index contributed by atoms with van der Waals surface area (Å²) in [6.07, 6.45) is 2.42. The number of nitroso groups, excluding NO2 is 1. The minimum Gasteiger partial charge on any atom is -0.150 e. The first-order valence-electron chi connectivity index (χ1n) is 6.30. The minimum atomic E-state index is 0.212. The maximum Gasteiger partial charge on any atom is 0.106 e. The van der Waals surface area contributed by atoms with Crippen LogP contribution in [-0.4, -0.2) is 0 Å². The Morgan fingerprint density at radius 1 is 1.06 bits per heavy atom. The lowest BCUT2D eigenvalue weighted by Crippen LogP contribution is -2.33. The molecule has 17 heavy (non-hydrogen) atoms. The summed E-state index contributed by atoms with van der Waals surface area (Å²) in [5, 5.41) is 2.99. The van der Waals surface area contributed by atoms with Crippen molar-refractivity contribution in [3.63, 3.8) is 0 Å². The van der Waals surface area contributed by atoms with Crippen molar-refractivity contribution in [1.29, 1.82) is 0 Å². The van der Waals surface area contributed by atoms with Gasteiger partial charge in [-0.1, -0.05) is 51.1 Å². The molecule has 0 bridgehead atoms. The topological polar surface area (TPSA) is 29.4 Å². The predicted molar refractivity (Wildman–Crippen MR) is 71.2 cm³/mol. The second-order valence-corrected chi connectivity index (χ2v) is 6.43. The van der Waals surface area contributed by atoms with Gasteiger partial charge in [0.15, 0.2) is 0 Å². The molecule has 0 N–H and O–H groups in total. The number of fused-ring (bicyclic) bond motifs is 1. The fourth-order valence-corrected chi connectivity index (χ4v) is 2.81. The van der Waals surface area contributed by atoms with E-state index in [1.807, 2.05) is 6.07 Å². The van der Waals surface area contributed by atoms with Crippen LogP contribution in [0, 0.1) is 4.91 Å². The number of nitrogens with zero attached hydrogens (tertiary/aromatic N) is 1. The Hall–Kier alpha value is -1.18. The van der Waals surface area contributed by atoms with Crippen molar-refractivity contribution in [3.05, 3.63) is 39.8 Å². The highest BCUT2D eigenvalue weighted by atomic mass is 16.3. The van der Waals surface area contributed by atoms with Gasteiger partial charge in [-0.3, -0.25) is 0 Å². The fraction of sp³-hybridized carbons (Fsp3) is 0.600. The van der Waals surface area contributed by atoms with E-state index in [1.54, 1.807) is 0 Å². The van der Waals surface area contributed by atoms with E-state index in [0.717, 1.165) is 5.56 Å².